The summed E-state index contributed by atoms with van der Waals surface area (Å²) in [4.78, 5) is 14.2. The maximum atomic E-state index is 13.4. The van der Waals surface area contributed by atoms with Gasteiger partial charge in [-0.05, 0) is 31.0 Å². The van der Waals surface area contributed by atoms with Gasteiger partial charge in [0.25, 0.3) is 0 Å². The van der Waals surface area contributed by atoms with Gasteiger partial charge in [-0.2, -0.15) is 15.4 Å². The number of piperidine rings is 1. The summed E-state index contributed by atoms with van der Waals surface area (Å²) in [6, 6.07) is 4.08. The number of benzene rings is 1. The number of carbonyl (C=O) groups excluding carboxylic acids is 1. The number of ether oxygens (including phenoxy) is 1. The molecule has 1 fully saturated rings. The number of rotatable bonds is 4. The molecule has 1 aliphatic heterocycles. The van der Waals surface area contributed by atoms with Crippen molar-refractivity contribution in [1.82, 2.24) is 20.3 Å². The van der Waals surface area contributed by atoms with E-state index < -0.39 is 11.4 Å². The Hall–Kier alpha value is -2.48. The van der Waals surface area contributed by atoms with Gasteiger partial charge in [-0.3, -0.25) is 4.79 Å². The molecule has 2 heterocycles. The molecule has 7 nitrogen and oxygen atoms in total. The van der Waals surface area contributed by atoms with Crippen LogP contribution in [0.1, 0.15) is 24.1 Å². The van der Waals surface area contributed by atoms with Gasteiger partial charge in [-0.25, -0.2) is 4.39 Å². The van der Waals surface area contributed by atoms with Gasteiger partial charge >= 0.3 is 0 Å². The van der Waals surface area contributed by atoms with Gasteiger partial charge in [0.15, 0.2) is 0 Å². The standard InChI is InChI=1S/C16H19FN4O3/c1-24-13-4-3-12(17)7-11(13)8-15(22)21-6-2-5-16(23,10-21)14-9-18-20-19-14/h3-4,7,9,23H,2,5-6,8,10H2,1H3,(H,18,19,20). The molecule has 1 aromatic heterocycles. The summed E-state index contributed by atoms with van der Waals surface area (Å²) in [5, 5.41) is 20.9. The highest BCUT2D eigenvalue weighted by atomic mass is 19.1. The lowest BCUT2D eigenvalue weighted by atomic mass is 9.89. The Bertz CT molecular complexity index is 722. The number of aliphatic hydroxyl groups is 1. The van der Waals surface area contributed by atoms with Crippen LogP contribution in [0.15, 0.2) is 24.4 Å². The quantitative estimate of drug-likeness (QED) is 0.870. The first kappa shape index (κ1) is 16.4. The molecule has 1 atom stereocenters. The largest absolute Gasteiger partial charge is 0.496 e. The summed E-state index contributed by atoms with van der Waals surface area (Å²) in [6.07, 6.45) is 2.63. The smallest absolute Gasteiger partial charge is 0.227 e. The zero-order valence-electron chi connectivity index (χ0n) is 13.3. The molecule has 1 saturated heterocycles. The number of β-amino-alcohol motifs (C(OH)–C–C–N with tert-alkyl or cyclic N) is 1. The second-order valence-corrected chi connectivity index (χ2v) is 5.94. The lowest BCUT2D eigenvalue weighted by molar-refractivity contribution is -0.138. The van der Waals surface area contributed by atoms with Gasteiger partial charge in [0.2, 0.25) is 5.91 Å². The van der Waals surface area contributed by atoms with E-state index in [9.17, 15) is 14.3 Å². The van der Waals surface area contributed by atoms with Crippen molar-refractivity contribution in [3.05, 3.63) is 41.5 Å². The SMILES string of the molecule is COc1ccc(F)cc1CC(=O)N1CCCC(O)(c2cn[nH]n2)C1. The van der Waals surface area contributed by atoms with Crippen LogP contribution in [-0.2, 0) is 16.8 Å². The van der Waals surface area contributed by atoms with Crippen molar-refractivity contribution in [2.24, 2.45) is 0 Å². The van der Waals surface area contributed by atoms with E-state index in [2.05, 4.69) is 15.4 Å². The van der Waals surface area contributed by atoms with Crippen LogP contribution in [-0.4, -0.2) is 51.5 Å². The van der Waals surface area contributed by atoms with Gasteiger partial charge in [-0.1, -0.05) is 0 Å². The molecular formula is C16H19FN4O3. The highest BCUT2D eigenvalue weighted by Crippen LogP contribution is 2.30. The van der Waals surface area contributed by atoms with E-state index in [-0.39, 0.29) is 18.9 Å². The maximum absolute atomic E-state index is 13.4. The van der Waals surface area contributed by atoms with Gasteiger partial charge in [0, 0.05) is 12.1 Å². The Balaban J connectivity index is 1.75. The number of nitrogens with zero attached hydrogens (tertiary/aromatic N) is 3. The molecule has 0 saturated carbocycles. The Labute approximate surface area is 138 Å². The van der Waals surface area contributed by atoms with Crippen LogP contribution >= 0.6 is 0 Å². The molecule has 1 aliphatic rings. The molecule has 0 radical (unpaired) electrons. The molecule has 2 N–H and O–H groups in total. The minimum Gasteiger partial charge on any atom is -0.496 e. The lowest BCUT2D eigenvalue weighted by Crippen LogP contribution is -2.49. The molecule has 2 aromatic rings. The predicted octanol–water partition coefficient (Wildman–Crippen LogP) is 1.01. The van der Waals surface area contributed by atoms with Gasteiger partial charge < -0.3 is 14.7 Å². The predicted molar refractivity (Wildman–Crippen MR) is 82.7 cm³/mol. The van der Waals surface area contributed by atoms with Crippen molar-refractivity contribution in [3.63, 3.8) is 0 Å². The minimum absolute atomic E-state index is 0.00975. The van der Waals surface area contributed by atoms with Crippen LogP contribution in [0.3, 0.4) is 0 Å². The van der Waals surface area contributed by atoms with E-state index in [0.717, 1.165) is 0 Å². The third-order valence-corrected chi connectivity index (χ3v) is 4.30. The van der Waals surface area contributed by atoms with Crippen LogP contribution in [0.2, 0.25) is 0 Å². The summed E-state index contributed by atoms with van der Waals surface area (Å²) in [5.74, 6) is -0.148. The average molecular weight is 334 g/mol. The number of aromatic nitrogens is 3. The number of aromatic amines is 1. The van der Waals surface area contributed by atoms with Crippen LogP contribution in [0, 0.1) is 5.82 Å². The molecule has 3 rings (SSSR count). The van der Waals surface area contributed by atoms with E-state index >= 15 is 0 Å². The first-order chi connectivity index (χ1) is 11.5. The first-order valence-corrected chi connectivity index (χ1v) is 7.71. The third-order valence-electron chi connectivity index (χ3n) is 4.30. The molecule has 0 bridgehead atoms. The van der Waals surface area contributed by atoms with Crippen molar-refractivity contribution in [1.29, 1.82) is 0 Å². The minimum atomic E-state index is -1.22. The second-order valence-electron chi connectivity index (χ2n) is 5.94. The Morgan fingerprint density at radius 2 is 2.38 bits per heavy atom. The number of halogens is 1. The van der Waals surface area contributed by atoms with Crippen LogP contribution in [0.5, 0.6) is 5.75 Å². The summed E-state index contributed by atoms with van der Waals surface area (Å²) >= 11 is 0. The molecule has 24 heavy (non-hydrogen) atoms. The number of carbonyl (C=O) groups is 1. The first-order valence-electron chi connectivity index (χ1n) is 7.71. The summed E-state index contributed by atoms with van der Waals surface area (Å²) < 4.78 is 18.6. The molecule has 1 aromatic carbocycles. The van der Waals surface area contributed by atoms with Crippen molar-refractivity contribution in [2.45, 2.75) is 24.9 Å². The molecule has 0 aliphatic carbocycles. The van der Waals surface area contributed by atoms with E-state index in [1.54, 1.807) is 4.90 Å². The Morgan fingerprint density at radius 3 is 3.08 bits per heavy atom. The van der Waals surface area contributed by atoms with E-state index in [4.69, 9.17) is 4.74 Å². The fourth-order valence-corrected chi connectivity index (χ4v) is 3.04. The van der Waals surface area contributed by atoms with Crippen molar-refractivity contribution >= 4 is 5.91 Å². The van der Waals surface area contributed by atoms with Crippen molar-refractivity contribution < 1.29 is 19.0 Å². The second kappa shape index (κ2) is 6.56. The molecular weight excluding hydrogens is 315 g/mol. The summed E-state index contributed by atoms with van der Waals surface area (Å²) in [6.45, 7) is 0.673. The topological polar surface area (TPSA) is 91.3 Å². The number of hydrogen-bond donors (Lipinski definition) is 2. The zero-order valence-corrected chi connectivity index (χ0v) is 13.3. The Kier molecular flexibility index (Phi) is 4.48. The highest BCUT2D eigenvalue weighted by Gasteiger charge is 2.38. The molecule has 0 spiro atoms. The number of methoxy groups -OCH3 is 1. The third kappa shape index (κ3) is 3.23. The molecule has 1 unspecified atom stereocenters. The van der Waals surface area contributed by atoms with Crippen molar-refractivity contribution in [2.75, 3.05) is 20.2 Å². The number of likely N-dealkylation sites (tertiary alicyclic amines) is 1. The van der Waals surface area contributed by atoms with Crippen LogP contribution in [0.25, 0.3) is 0 Å². The van der Waals surface area contributed by atoms with Crippen molar-refractivity contribution in [3.8, 4) is 5.75 Å². The normalized spacial score (nSPS) is 20.9. The lowest BCUT2D eigenvalue weighted by Gasteiger charge is -2.38. The number of H-pyrrole nitrogens is 1. The number of amides is 1. The molecule has 8 heteroatoms. The van der Waals surface area contributed by atoms with Gasteiger partial charge in [0.1, 0.15) is 22.9 Å². The summed E-state index contributed by atoms with van der Waals surface area (Å²) in [5.41, 5.74) is -0.311. The average Bonchev–Trinajstić information content (AvgIpc) is 3.10. The number of hydrogen-bond acceptors (Lipinski definition) is 5. The van der Waals surface area contributed by atoms with E-state index in [1.807, 2.05) is 0 Å². The van der Waals surface area contributed by atoms with Gasteiger partial charge in [0.05, 0.1) is 26.3 Å². The zero-order chi connectivity index (χ0) is 17.2. The number of nitrogens with one attached hydrogen (secondary N) is 1. The molecule has 128 valence electrons. The fourth-order valence-electron chi connectivity index (χ4n) is 3.04. The fraction of sp³-hybridized carbons (Fsp3) is 0.438. The van der Waals surface area contributed by atoms with Crippen LogP contribution in [0.4, 0.5) is 4.39 Å². The highest BCUT2D eigenvalue weighted by molar-refractivity contribution is 5.79. The molecule has 1 amide bonds. The van der Waals surface area contributed by atoms with E-state index in [0.29, 0.717) is 36.4 Å². The maximum Gasteiger partial charge on any atom is 0.227 e. The Morgan fingerprint density at radius 1 is 1.54 bits per heavy atom. The monoisotopic (exact) mass is 334 g/mol. The van der Waals surface area contributed by atoms with Crippen LogP contribution < -0.4 is 4.74 Å². The van der Waals surface area contributed by atoms with Gasteiger partial charge in [-0.15, -0.1) is 0 Å². The van der Waals surface area contributed by atoms with E-state index in [1.165, 1.54) is 31.5 Å². The summed E-state index contributed by atoms with van der Waals surface area (Å²) in [7, 11) is 1.48.